The first-order chi connectivity index (χ1) is 14.9. The Hall–Kier alpha value is -3.50. The van der Waals surface area contributed by atoms with E-state index in [0.717, 1.165) is 22.3 Å². The molecule has 0 saturated carbocycles. The van der Waals surface area contributed by atoms with Crippen LogP contribution in [-0.2, 0) is 21.7 Å². The molecule has 1 aliphatic rings. The standard InChI is InChI=1S/C27H25NO3/c1-19-12-13-20(2)22(16-19)18-28-25-11-7-6-10-24(25)27(31,26(28)30)17-23(29)15-14-21-8-4-3-5-9-21/h3-16,31H,17-18H2,1-2H3/b15-14+/t27-/m0/s1. The van der Waals surface area contributed by atoms with Crippen LogP contribution >= 0.6 is 0 Å². The maximum atomic E-state index is 13.4. The molecule has 31 heavy (non-hydrogen) atoms. The van der Waals surface area contributed by atoms with E-state index >= 15 is 0 Å². The van der Waals surface area contributed by atoms with Crippen molar-refractivity contribution in [1.82, 2.24) is 0 Å². The summed E-state index contributed by atoms with van der Waals surface area (Å²) >= 11 is 0. The van der Waals surface area contributed by atoms with Gasteiger partial charge >= 0.3 is 0 Å². The third-order valence-electron chi connectivity index (χ3n) is 5.76. The van der Waals surface area contributed by atoms with E-state index in [1.165, 1.54) is 6.08 Å². The fourth-order valence-corrected chi connectivity index (χ4v) is 4.04. The number of ketones is 1. The number of carbonyl (C=O) groups excluding carboxylic acids is 2. The van der Waals surface area contributed by atoms with Crippen molar-refractivity contribution in [2.24, 2.45) is 0 Å². The molecule has 1 N–H and O–H groups in total. The van der Waals surface area contributed by atoms with Gasteiger partial charge in [-0.1, -0.05) is 78.4 Å². The highest BCUT2D eigenvalue weighted by Crippen LogP contribution is 2.43. The van der Waals surface area contributed by atoms with E-state index in [9.17, 15) is 14.7 Å². The highest BCUT2D eigenvalue weighted by atomic mass is 16.3. The fourth-order valence-electron chi connectivity index (χ4n) is 4.04. The number of amides is 1. The van der Waals surface area contributed by atoms with Gasteiger partial charge in [0.15, 0.2) is 11.4 Å². The number of aryl methyl sites for hydroxylation is 2. The van der Waals surface area contributed by atoms with Crippen molar-refractivity contribution in [3.8, 4) is 0 Å². The van der Waals surface area contributed by atoms with Crippen LogP contribution in [0, 0.1) is 13.8 Å². The maximum absolute atomic E-state index is 13.4. The first-order valence-corrected chi connectivity index (χ1v) is 10.3. The molecule has 0 spiro atoms. The Morgan fingerprint density at radius 3 is 2.48 bits per heavy atom. The van der Waals surface area contributed by atoms with Crippen LogP contribution in [0.2, 0.25) is 0 Å². The predicted molar refractivity (Wildman–Crippen MR) is 123 cm³/mol. The molecule has 0 aliphatic carbocycles. The minimum atomic E-state index is -1.87. The van der Waals surface area contributed by atoms with Gasteiger partial charge in [-0.05, 0) is 42.7 Å². The predicted octanol–water partition coefficient (Wildman–Crippen LogP) is 4.71. The molecule has 0 unspecified atom stereocenters. The second-order valence-electron chi connectivity index (χ2n) is 8.09. The summed E-state index contributed by atoms with van der Waals surface area (Å²) in [5.74, 6) is -0.765. The van der Waals surface area contributed by atoms with E-state index in [-0.39, 0.29) is 12.2 Å². The molecule has 0 radical (unpaired) electrons. The number of aliphatic hydroxyl groups is 1. The third-order valence-corrected chi connectivity index (χ3v) is 5.76. The van der Waals surface area contributed by atoms with Crippen molar-refractivity contribution >= 4 is 23.5 Å². The summed E-state index contributed by atoms with van der Waals surface area (Å²) in [5, 5.41) is 11.4. The van der Waals surface area contributed by atoms with Crippen molar-refractivity contribution in [1.29, 1.82) is 0 Å². The molecule has 1 amide bonds. The van der Waals surface area contributed by atoms with E-state index in [2.05, 4.69) is 6.07 Å². The zero-order chi connectivity index (χ0) is 22.0. The summed E-state index contributed by atoms with van der Waals surface area (Å²) in [5.41, 5.74) is 3.35. The Morgan fingerprint density at radius 2 is 1.71 bits per heavy atom. The lowest BCUT2D eigenvalue weighted by molar-refractivity contribution is -0.140. The number of anilines is 1. The van der Waals surface area contributed by atoms with Gasteiger partial charge in [-0.3, -0.25) is 9.59 Å². The van der Waals surface area contributed by atoms with E-state index in [0.29, 0.717) is 17.8 Å². The van der Waals surface area contributed by atoms with Crippen molar-refractivity contribution < 1.29 is 14.7 Å². The molecule has 0 aromatic heterocycles. The molecule has 4 nitrogen and oxygen atoms in total. The Labute approximate surface area is 182 Å². The number of hydrogen-bond donors (Lipinski definition) is 1. The highest BCUT2D eigenvalue weighted by molar-refractivity contribution is 6.10. The van der Waals surface area contributed by atoms with Crippen LogP contribution in [0.3, 0.4) is 0 Å². The quantitative estimate of drug-likeness (QED) is 0.598. The minimum absolute atomic E-state index is 0.296. The average molecular weight is 412 g/mol. The topological polar surface area (TPSA) is 57.6 Å². The van der Waals surface area contributed by atoms with Gasteiger partial charge in [0.2, 0.25) is 0 Å². The normalized spacial score (nSPS) is 17.9. The third kappa shape index (κ3) is 4.07. The van der Waals surface area contributed by atoms with Crippen LogP contribution in [0.4, 0.5) is 5.69 Å². The number of benzene rings is 3. The molecule has 0 bridgehead atoms. The number of nitrogens with zero attached hydrogens (tertiary/aromatic N) is 1. The molecule has 0 fully saturated rings. The Morgan fingerprint density at radius 1 is 1.00 bits per heavy atom. The summed E-state index contributed by atoms with van der Waals surface area (Å²) in [7, 11) is 0. The van der Waals surface area contributed by atoms with Crippen LogP contribution in [0.25, 0.3) is 6.08 Å². The first kappa shape index (κ1) is 20.8. The monoisotopic (exact) mass is 411 g/mol. The van der Waals surface area contributed by atoms with Gasteiger partial charge in [0.05, 0.1) is 18.7 Å². The lowest BCUT2D eigenvalue weighted by atomic mass is 9.89. The van der Waals surface area contributed by atoms with Crippen molar-refractivity contribution in [2.75, 3.05) is 4.90 Å². The van der Waals surface area contributed by atoms with E-state index in [1.54, 1.807) is 23.1 Å². The van der Waals surface area contributed by atoms with Gasteiger partial charge in [-0.15, -0.1) is 0 Å². The lowest BCUT2D eigenvalue weighted by Gasteiger charge is -2.23. The Bertz CT molecular complexity index is 1170. The molecule has 156 valence electrons. The Balaban J connectivity index is 1.62. The number of carbonyl (C=O) groups is 2. The maximum Gasteiger partial charge on any atom is 0.264 e. The smallest absolute Gasteiger partial charge is 0.264 e. The number of fused-ring (bicyclic) bond motifs is 1. The summed E-state index contributed by atoms with van der Waals surface area (Å²) < 4.78 is 0. The summed E-state index contributed by atoms with van der Waals surface area (Å²) in [4.78, 5) is 27.7. The number of rotatable bonds is 6. The average Bonchev–Trinajstić information content (AvgIpc) is 2.97. The summed E-state index contributed by atoms with van der Waals surface area (Å²) in [6.45, 7) is 4.36. The van der Waals surface area contributed by atoms with E-state index in [1.807, 2.05) is 68.4 Å². The van der Waals surface area contributed by atoms with Crippen molar-refractivity contribution in [3.63, 3.8) is 0 Å². The zero-order valence-corrected chi connectivity index (χ0v) is 17.7. The molecule has 4 rings (SSSR count). The van der Waals surface area contributed by atoms with Crippen molar-refractivity contribution in [3.05, 3.63) is 107 Å². The Kier molecular flexibility index (Phi) is 5.57. The minimum Gasteiger partial charge on any atom is -0.375 e. The highest BCUT2D eigenvalue weighted by Gasteiger charge is 2.50. The van der Waals surface area contributed by atoms with Crippen molar-refractivity contribution in [2.45, 2.75) is 32.4 Å². The molecule has 0 saturated heterocycles. The molecule has 3 aromatic rings. The van der Waals surface area contributed by atoms with Gasteiger partial charge in [0.1, 0.15) is 0 Å². The molecule has 1 atom stereocenters. The molecular formula is C27H25NO3. The lowest BCUT2D eigenvalue weighted by Crippen LogP contribution is -2.41. The van der Waals surface area contributed by atoms with Gasteiger partial charge in [0, 0.05) is 5.56 Å². The van der Waals surface area contributed by atoms with Gasteiger partial charge < -0.3 is 10.0 Å². The largest absolute Gasteiger partial charge is 0.375 e. The van der Waals surface area contributed by atoms with Crippen LogP contribution < -0.4 is 4.90 Å². The van der Waals surface area contributed by atoms with Crippen LogP contribution in [0.5, 0.6) is 0 Å². The second kappa shape index (κ2) is 8.32. The van der Waals surface area contributed by atoms with Gasteiger partial charge in [0.25, 0.3) is 5.91 Å². The molecule has 1 aliphatic heterocycles. The molecule has 3 aromatic carbocycles. The van der Waals surface area contributed by atoms with Crippen LogP contribution in [0.1, 0.15) is 34.2 Å². The first-order valence-electron chi connectivity index (χ1n) is 10.3. The number of hydrogen-bond acceptors (Lipinski definition) is 3. The van der Waals surface area contributed by atoms with E-state index < -0.39 is 11.5 Å². The molecule has 1 heterocycles. The summed E-state index contributed by atoms with van der Waals surface area (Å²) in [6, 6.07) is 22.7. The van der Waals surface area contributed by atoms with Gasteiger partial charge in [-0.2, -0.15) is 0 Å². The second-order valence-corrected chi connectivity index (χ2v) is 8.09. The summed E-state index contributed by atoms with van der Waals surface area (Å²) in [6.07, 6.45) is 2.83. The number of para-hydroxylation sites is 1. The SMILES string of the molecule is Cc1ccc(C)c(CN2C(=O)[C@](O)(CC(=O)/C=C/c3ccccc3)c3ccccc32)c1. The van der Waals surface area contributed by atoms with Crippen LogP contribution in [-0.4, -0.2) is 16.8 Å². The van der Waals surface area contributed by atoms with Gasteiger partial charge in [-0.25, -0.2) is 0 Å². The number of allylic oxidation sites excluding steroid dienone is 1. The van der Waals surface area contributed by atoms with Crippen LogP contribution in [0.15, 0.2) is 78.9 Å². The fraction of sp³-hybridized carbons (Fsp3) is 0.185. The molecular weight excluding hydrogens is 386 g/mol. The molecule has 4 heteroatoms. The zero-order valence-electron chi connectivity index (χ0n) is 17.7. The van der Waals surface area contributed by atoms with E-state index in [4.69, 9.17) is 0 Å².